The second kappa shape index (κ2) is 18.7. The topological polar surface area (TPSA) is 109 Å². The summed E-state index contributed by atoms with van der Waals surface area (Å²) in [6.45, 7) is 23.3. The first-order valence-electron chi connectivity index (χ1n) is 8.74. The Morgan fingerprint density at radius 1 is 0.423 bits per heavy atom. The van der Waals surface area contributed by atoms with Crippen LogP contribution in [0.3, 0.4) is 0 Å². The zero-order chi connectivity index (χ0) is 22.8. The molecule has 26 heavy (non-hydrogen) atoms. The first-order valence-corrected chi connectivity index (χ1v) is 9.93. The molecule has 0 saturated carbocycles. The van der Waals surface area contributed by atoms with E-state index in [9.17, 15) is 20.4 Å². The van der Waals surface area contributed by atoms with Crippen molar-refractivity contribution in [3.05, 3.63) is 0 Å². The van der Waals surface area contributed by atoms with Gasteiger partial charge in [-0.05, 0) is 0 Å². The Morgan fingerprint density at radius 2 is 0.462 bits per heavy atom. The van der Waals surface area contributed by atoms with Gasteiger partial charge in [-0.3, -0.25) is 0 Å². The molecule has 0 aromatic rings. The van der Waals surface area contributed by atoms with Gasteiger partial charge in [0.05, 0.1) is 0 Å². The summed E-state index contributed by atoms with van der Waals surface area (Å²) in [6, 6.07) is 0. The fourth-order valence-electron chi connectivity index (χ4n) is 0. The fourth-order valence-corrected chi connectivity index (χ4v) is 0. The van der Waals surface area contributed by atoms with Gasteiger partial charge in [0.1, 0.15) is 0 Å². The average Bonchev–Trinajstić information content (AvgIpc) is 2.48. The Balaban J connectivity index is -0.0000000729. The monoisotopic (exact) mass is 548 g/mol. The van der Waals surface area contributed by atoms with Crippen LogP contribution in [0.4, 0.5) is 0 Å². The van der Waals surface area contributed by atoms with Crippen molar-refractivity contribution in [2.45, 2.75) is 83.1 Å². The van der Waals surface area contributed by atoms with Gasteiger partial charge in [-0.2, -0.15) is 0 Å². The molecule has 0 aliphatic heterocycles. The van der Waals surface area contributed by atoms with Gasteiger partial charge >= 0.3 is 23.2 Å². The Kier molecular flexibility index (Phi) is 26.7. The standard InChI is InChI=1S/4C5H11O.O.W/c4*1-5(2,3)4-6;;/h4*4H2,1-3H3;;/q4*-1;;+4. The van der Waals surface area contributed by atoms with Crippen LogP contribution < -0.4 is 20.4 Å². The predicted molar refractivity (Wildman–Crippen MR) is 98.0 cm³/mol. The Labute approximate surface area is 174 Å². The quantitative estimate of drug-likeness (QED) is 0.456. The van der Waals surface area contributed by atoms with E-state index in [2.05, 4.69) is 0 Å². The molecule has 0 spiro atoms. The summed E-state index contributed by atoms with van der Waals surface area (Å²) in [5.74, 6) is 0. The summed E-state index contributed by atoms with van der Waals surface area (Å²) >= 11 is 0.333. The van der Waals surface area contributed by atoms with Gasteiger partial charge in [0.2, 0.25) is 0 Å². The number of hydrogen-bond donors (Lipinski definition) is 0. The maximum atomic E-state index is 9.95. The molecule has 0 fully saturated rings. The second-order valence-corrected chi connectivity index (χ2v) is 10.8. The van der Waals surface area contributed by atoms with E-state index >= 15 is 0 Å². The van der Waals surface area contributed by atoms with Gasteiger partial charge in [0, 0.05) is 0 Å². The van der Waals surface area contributed by atoms with Crippen LogP contribution in [0.5, 0.6) is 0 Å². The molecule has 6 heteroatoms. The SMILES string of the molecule is CC(C)(C)C[O-].CC(C)(C)C[O-].CC(C)(C)C[O-].CC(C)(C)C[O-].[O]=[W+4]. The molecular formula is C20H44O5W. The van der Waals surface area contributed by atoms with E-state index in [1.807, 2.05) is 83.1 Å². The van der Waals surface area contributed by atoms with Crippen molar-refractivity contribution in [1.29, 1.82) is 0 Å². The number of rotatable bonds is 0. The van der Waals surface area contributed by atoms with Crippen LogP contribution in [0, 0.1) is 21.7 Å². The van der Waals surface area contributed by atoms with Crippen LogP contribution in [0.1, 0.15) is 83.1 Å². The maximum absolute atomic E-state index is 9.95. The van der Waals surface area contributed by atoms with Crippen molar-refractivity contribution in [3.8, 4) is 0 Å². The molecule has 0 saturated heterocycles. The zero-order valence-electron chi connectivity index (χ0n) is 19.3. The third-order valence-corrected chi connectivity index (χ3v) is 1.73. The molecule has 160 valence electrons. The van der Waals surface area contributed by atoms with Crippen LogP contribution in [-0.4, -0.2) is 26.4 Å². The average molecular weight is 548 g/mol. The van der Waals surface area contributed by atoms with Gasteiger partial charge in [0.25, 0.3) is 0 Å². The van der Waals surface area contributed by atoms with Gasteiger partial charge in [-0.15, -0.1) is 26.4 Å². The van der Waals surface area contributed by atoms with E-state index in [1.54, 1.807) is 0 Å². The van der Waals surface area contributed by atoms with Crippen LogP contribution in [0.2, 0.25) is 0 Å². The van der Waals surface area contributed by atoms with Crippen molar-refractivity contribution in [2.75, 3.05) is 26.4 Å². The first kappa shape index (κ1) is 37.1. The van der Waals surface area contributed by atoms with E-state index in [4.69, 9.17) is 3.40 Å². The molecular weight excluding hydrogens is 504 g/mol. The van der Waals surface area contributed by atoms with Crippen LogP contribution in [-0.2, 0) is 23.2 Å². The van der Waals surface area contributed by atoms with Crippen LogP contribution in [0.25, 0.3) is 0 Å². The van der Waals surface area contributed by atoms with Gasteiger partial charge in [-0.25, -0.2) is 0 Å². The van der Waals surface area contributed by atoms with E-state index in [1.165, 1.54) is 0 Å². The van der Waals surface area contributed by atoms with E-state index < -0.39 is 0 Å². The Hall–Kier alpha value is 0.328. The summed E-state index contributed by atoms with van der Waals surface area (Å²) < 4.78 is 8.33. The summed E-state index contributed by atoms with van der Waals surface area (Å²) in [5.41, 5.74) is -0.0556. The molecule has 0 unspecified atom stereocenters. The van der Waals surface area contributed by atoms with Crippen LogP contribution in [0.15, 0.2) is 0 Å². The molecule has 0 heterocycles. The third-order valence-electron chi connectivity index (χ3n) is 1.73. The van der Waals surface area contributed by atoms with E-state index in [0.29, 0.717) is 19.8 Å². The van der Waals surface area contributed by atoms with Gasteiger partial charge < -0.3 is 20.4 Å². The third kappa shape index (κ3) is 87.1. The fraction of sp³-hybridized carbons (Fsp3) is 1.00. The summed E-state index contributed by atoms with van der Waals surface area (Å²) in [5, 5.41) is 39.8. The van der Waals surface area contributed by atoms with Crippen molar-refractivity contribution in [3.63, 3.8) is 0 Å². The Morgan fingerprint density at radius 3 is 0.462 bits per heavy atom. The molecule has 0 radical (unpaired) electrons. The molecule has 0 rings (SSSR count). The van der Waals surface area contributed by atoms with Crippen molar-refractivity contribution < 1.29 is 43.6 Å². The predicted octanol–water partition coefficient (Wildman–Crippen LogP) is 1.45. The molecule has 0 aromatic heterocycles. The van der Waals surface area contributed by atoms with Crippen LogP contribution >= 0.6 is 0 Å². The molecule has 0 amide bonds. The number of hydrogen-bond acceptors (Lipinski definition) is 5. The zero-order valence-corrected chi connectivity index (χ0v) is 22.2. The van der Waals surface area contributed by atoms with E-state index in [-0.39, 0.29) is 48.1 Å². The second-order valence-electron chi connectivity index (χ2n) is 10.8. The molecule has 0 N–H and O–H groups in total. The molecule has 0 aliphatic rings. The van der Waals surface area contributed by atoms with E-state index in [0.717, 1.165) is 0 Å². The first-order chi connectivity index (χ1) is 11.2. The molecule has 0 bridgehead atoms. The molecule has 0 aromatic carbocycles. The minimum absolute atomic E-state index is 0.0139. The van der Waals surface area contributed by atoms with Crippen molar-refractivity contribution in [2.24, 2.45) is 21.7 Å². The van der Waals surface area contributed by atoms with Gasteiger partial charge in [-0.1, -0.05) is 105 Å². The summed E-state index contributed by atoms with van der Waals surface area (Å²) in [7, 11) is 0. The normalized spacial score (nSPS) is 11.3. The van der Waals surface area contributed by atoms with Gasteiger partial charge in [0.15, 0.2) is 0 Å². The minimum atomic E-state index is -0.0139. The van der Waals surface area contributed by atoms with Crippen molar-refractivity contribution in [1.82, 2.24) is 0 Å². The summed E-state index contributed by atoms with van der Waals surface area (Å²) in [4.78, 5) is 0. The van der Waals surface area contributed by atoms with Crippen molar-refractivity contribution >= 4 is 0 Å². The molecule has 0 aliphatic carbocycles. The molecule has 0 atom stereocenters. The Bertz CT molecular complexity index is 212. The molecule has 5 nitrogen and oxygen atoms in total. The summed E-state index contributed by atoms with van der Waals surface area (Å²) in [6.07, 6.45) is 0.